The molecule has 0 atom stereocenters. The second-order valence-electron chi connectivity index (χ2n) is 6.00. The van der Waals surface area contributed by atoms with E-state index in [0.717, 1.165) is 31.3 Å². The molecule has 0 radical (unpaired) electrons. The molecule has 2 rings (SSSR count). The summed E-state index contributed by atoms with van der Waals surface area (Å²) in [6.07, 6.45) is 7.65. The Morgan fingerprint density at radius 2 is 2.17 bits per heavy atom. The van der Waals surface area contributed by atoms with Crippen LogP contribution >= 0.6 is 24.0 Å². The minimum Gasteiger partial charge on any atom is -0.354 e. The molecular weight excluding hydrogens is 417 g/mol. The largest absolute Gasteiger partial charge is 0.354 e. The third kappa shape index (κ3) is 5.50. The summed E-state index contributed by atoms with van der Waals surface area (Å²) in [5.74, 6) is 1.29. The molecular formula is C16H28IN7. The molecule has 0 amide bonds. The van der Waals surface area contributed by atoms with Gasteiger partial charge in [0, 0.05) is 64.9 Å². The van der Waals surface area contributed by atoms with Crippen molar-refractivity contribution in [2.45, 2.75) is 32.9 Å². The lowest BCUT2D eigenvalue weighted by molar-refractivity contribution is 0.470. The summed E-state index contributed by atoms with van der Waals surface area (Å²) in [6.45, 7) is 6.79. The molecule has 134 valence electrons. The molecule has 0 spiro atoms. The zero-order valence-electron chi connectivity index (χ0n) is 15.1. The van der Waals surface area contributed by atoms with Crippen LogP contribution in [-0.4, -0.2) is 50.8 Å². The average Bonchev–Trinajstić information content (AvgIpc) is 3.13. The number of aryl methyl sites for hydroxylation is 1. The fourth-order valence-corrected chi connectivity index (χ4v) is 2.59. The number of imidazole rings is 1. The Morgan fingerprint density at radius 1 is 1.42 bits per heavy atom. The van der Waals surface area contributed by atoms with E-state index < -0.39 is 0 Å². The van der Waals surface area contributed by atoms with Gasteiger partial charge in [0.2, 0.25) is 0 Å². The van der Waals surface area contributed by atoms with Crippen molar-refractivity contribution in [3.05, 3.63) is 36.2 Å². The Kier molecular flexibility index (Phi) is 8.23. The predicted octanol–water partition coefficient (Wildman–Crippen LogP) is 2.07. The number of hydrogen-bond acceptors (Lipinski definition) is 3. The molecule has 1 N–H and O–H groups in total. The van der Waals surface area contributed by atoms with Gasteiger partial charge in [0.1, 0.15) is 0 Å². The maximum absolute atomic E-state index is 4.56. The molecule has 0 saturated carbocycles. The van der Waals surface area contributed by atoms with Gasteiger partial charge in [0.15, 0.2) is 5.96 Å². The van der Waals surface area contributed by atoms with Crippen molar-refractivity contribution in [2.75, 3.05) is 20.6 Å². The van der Waals surface area contributed by atoms with Gasteiger partial charge in [-0.2, -0.15) is 5.10 Å². The Morgan fingerprint density at radius 3 is 2.75 bits per heavy atom. The maximum atomic E-state index is 4.56. The molecule has 0 aliphatic rings. The van der Waals surface area contributed by atoms with E-state index in [1.807, 2.05) is 42.9 Å². The SMILES string of the molecule is CN=C(NCCn1ccnc1)N(C)Cc1cn(C)nc1C(C)C.I. The van der Waals surface area contributed by atoms with Gasteiger partial charge in [0.25, 0.3) is 0 Å². The highest BCUT2D eigenvalue weighted by Gasteiger charge is 2.14. The van der Waals surface area contributed by atoms with E-state index in [0.29, 0.717) is 5.92 Å². The quantitative estimate of drug-likeness (QED) is 0.420. The molecule has 2 aromatic rings. The van der Waals surface area contributed by atoms with Gasteiger partial charge in [-0.3, -0.25) is 9.67 Å². The van der Waals surface area contributed by atoms with Gasteiger partial charge in [-0.25, -0.2) is 4.98 Å². The van der Waals surface area contributed by atoms with E-state index in [4.69, 9.17) is 0 Å². The molecule has 2 heterocycles. The molecule has 0 unspecified atom stereocenters. The molecule has 0 fully saturated rings. The van der Waals surface area contributed by atoms with Gasteiger partial charge < -0.3 is 14.8 Å². The standard InChI is InChI=1S/C16H27N7.HI/c1-13(2)15-14(11-22(5)20-15)10-21(4)16(17-3)19-7-9-23-8-6-18-12-23;/h6,8,11-13H,7,9-10H2,1-5H3,(H,17,19);1H. The highest BCUT2D eigenvalue weighted by atomic mass is 127. The molecule has 0 bridgehead atoms. The number of hydrogen-bond donors (Lipinski definition) is 1. The third-order valence-electron chi connectivity index (χ3n) is 3.68. The van der Waals surface area contributed by atoms with Crippen LogP contribution in [0.2, 0.25) is 0 Å². The zero-order valence-corrected chi connectivity index (χ0v) is 17.4. The number of halogens is 1. The monoisotopic (exact) mass is 445 g/mol. The van der Waals surface area contributed by atoms with Crippen LogP contribution in [0.25, 0.3) is 0 Å². The fourth-order valence-electron chi connectivity index (χ4n) is 2.59. The number of guanidine groups is 1. The molecule has 2 aromatic heterocycles. The van der Waals surface area contributed by atoms with E-state index >= 15 is 0 Å². The van der Waals surface area contributed by atoms with Crippen molar-refractivity contribution >= 4 is 29.9 Å². The van der Waals surface area contributed by atoms with Gasteiger partial charge in [-0.15, -0.1) is 24.0 Å². The first-order chi connectivity index (χ1) is 11.0. The summed E-state index contributed by atoms with van der Waals surface area (Å²) in [6, 6.07) is 0. The summed E-state index contributed by atoms with van der Waals surface area (Å²) in [7, 11) is 5.82. The van der Waals surface area contributed by atoms with Crippen LogP contribution in [0.4, 0.5) is 0 Å². The lowest BCUT2D eigenvalue weighted by Gasteiger charge is -2.22. The number of nitrogens with zero attached hydrogens (tertiary/aromatic N) is 6. The van der Waals surface area contributed by atoms with Crippen molar-refractivity contribution in [3.63, 3.8) is 0 Å². The van der Waals surface area contributed by atoms with Crippen LogP contribution in [0.15, 0.2) is 29.9 Å². The zero-order chi connectivity index (χ0) is 16.8. The Balaban J connectivity index is 0.00000288. The summed E-state index contributed by atoms with van der Waals surface area (Å²) in [5, 5.41) is 7.95. The topological polar surface area (TPSA) is 63.3 Å². The first kappa shape index (κ1) is 20.5. The molecule has 0 saturated heterocycles. The van der Waals surface area contributed by atoms with Crippen molar-refractivity contribution in [3.8, 4) is 0 Å². The average molecular weight is 445 g/mol. The van der Waals surface area contributed by atoms with E-state index in [9.17, 15) is 0 Å². The summed E-state index contributed by atoms with van der Waals surface area (Å²) >= 11 is 0. The van der Waals surface area contributed by atoms with E-state index in [1.165, 1.54) is 5.56 Å². The highest BCUT2D eigenvalue weighted by molar-refractivity contribution is 14.0. The van der Waals surface area contributed by atoms with Crippen LogP contribution in [-0.2, 0) is 20.1 Å². The lowest BCUT2D eigenvalue weighted by Crippen LogP contribution is -2.39. The van der Waals surface area contributed by atoms with Crippen LogP contribution in [0.5, 0.6) is 0 Å². The van der Waals surface area contributed by atoms with E-state index in [2.05, 4.69) is 45.3 Å². The summed E-state index contributed by atoms with van der Waals surface area (Å²) in [5.41, 5.74) is 2.38. The second kappa shape index (κ2) is 9.65. The minimum atomic E-state index is 0. The first-order valence-corrected chi connectivity index (χ1v) is 7.91. The molecule has 8 heteroatoms. The molecule has 7 nitrogen and oxygen atoms in total. The molecule has 0 aliphatic carbocycles. The van der Waals surface area contributed by atoms with Crippen LogP contribution in [0, 0.1) is 0 Å². The highest BCUT2D eigenvalue weighted by Crippen LogP contribution is 2.18. The van der Waals surface area contributed by atoms with Gasteiger partial charge in [-0.05, 0) is 5.92 Å². The number of rotatable bonds is 6. The normalized spacial score (nSPS) is 11.5. The minimum absolute atomic E-state index is 0. The van der Waals surface area contributed by atoms with Crippen molar-refractivity contribution in [1.82, 2.24) is 29.5 Å². The number of aliphatic imine (C=N–C) groups is 1. The van der Waals surface area contributed by atoms with E-state index in [-0.39, 0.29) is 24.0 Å². The van der Waals surface area contributed by atoms with Gasteiger partial charge >= 0.3 is 0 Å². The third-order valence-corrected chi connectivity index (χ3v) is 3.68. The number of aromatic nitrogens is 4. The smallest absolute Gasteiger partial charge is 0.193 e. The van der Waals surface area contributed by atoms with Crippen LogP contribution < -0.4 is 5.32 Å². The second-order valence-corrected chi connectivity index (χ2v) is 6.00. The molecule has 0 aliphatic heterocycles. The Labute approximate surface area is 161 Å². The van der Waals surface area contributed by atoms with Gasteiger partial charge in [0.05, 0.1) is 12.0 Å². The van der Waals surface area contributed by atoms with Crippen LogP contribution in [0.1, 0.15) is 31.0 Å². The lowest BCUT2D eigenvalue weighted by atomic mass is 10.1. The molecule has 0 aromatic carbocycles. The predicted molar refractivity (Wildman–Crippen MR) is 108 cm³/mol. The van der Waals surface area contributed by atoms with E-state index in [1.54, 1.807) is 6.20 Å². The summed E-state index contributed by atoms with van der Waals surface area (Å²) in [4.78, 5) is 10.5. The Hall–Kier alpha value is -1.58. The van der Waals surface area contributed by atoms with Crippen molar-refractivity contribution in [1.29, 1.82) is 0 Å². The maximum Gasteiger partial charge on any atom is 0.193 e. The van der Waals surface area contributed by atoms with Gasteiger partial charge in [-0.1, -0.05) is 13.8 Å². The first-order valence-electron chi connectivity index (χ1n) is 7.91. The van der Waals surface area contributed by atoms with Crippen LogP contribution in [0.3, 0.4) is 0 Å². The molecule has 24 heavy (non-hydrogen) atoms. The fraction of sp³-hybridized carbons (Fsp3) is 0.562. The number of nitrogens with one attached hydrogen (secondary N) is 1. The Bertz CT molecular complexity index is 631. The van der Waals surface area contributed by atoms with Crippen molar-refractivity contribution in [2.24, 2.45) is 12.0 Å². The van der Waals surface area contributed by atoms with Crippen molar-refractivity contribution < 1.29 is 0 Å². The summed E-state index contributed by atoms with van der Waals surface area (Å²) < 4.78 is 3.92.